The molecule has 0 aliphatic carbocycles. The van der Waals surface area contributed by atoms with Crippen molar-refractivity contribution in [3.8, 4) is 0 Å². The molecule has 0 amide bonds. The summed E-state index contributed by atoms with van der Waals surface area (Å²) in [4.78, 5) is 1.55. The molecule has 2 rings (SSSR count). The van der Waals surface area contributed by atoms with Crippen molar-refractivity contribution in [1.82, 2.24) is 0 Å². The van der Waals surface area contributed by atoms with Crippen molar-refractivity contribution < 1.29 is 0 Å². The lowest BCUT2D eigenvalue weighted by Crippen LogP contribution is -1.77. The highest BCUT2D eigenvalue weighted by Crippen LogP contribution is 2.23. The highest BCUT2D eigenvalue weighted by Gasteiger charge is 2.36. The molecule has 0 radical (unpaired) electrons. The summed E-state index contributed by atoms with van der Waals surface area (Å²) in [6.45, 7) is 0. The summed E-state index contributed by atoms with van der Waals surface area (Å²) in [5, 5.41) is 0. The average molecular weight is 137 g/mol. The summed E-state index contributed by atoms with van der Waals surface area (Å²) in [6.07, 6.45) is 0. The van der Waals surface area contributed by atoms with Gasteiger partial charge >= 0.3 is 0 Å². The molecule has 0 saturated carbocycles. The maximum atomic E-state index is 2.23. The van der Waals surface area contributed by atoms with Crippen molar-refractivity contribution in [2.24, 2.45) is 0 Å². The second-order valence-corrected chi connectivity index (χ2v) is 4.49. The Labute approximate surface area is 58.2 Å². The van der Waals surface area contributed by atoms with Crippen LogP contribution in [0.25, 0.3) is 0 Å². The van der Waals surface area contributed by atoms with Crippen LogP contribution in [0, 0.1) is 0 Å². The average Bonchev–Trinajstić information content (AvgIpc) is 2.71. The van der Waals surface area contributed by atoms with Gasteiger partial charge in [-0.1, -0.05) is 18.2 Å². The first-order valence-electron chi connectivity index (χ1n) is 3.19. The monoisotopic (exact) mass is 137 g/mol. The number of hydrogen-bond donors (Lipinski definition) is 0. The van der Waals surface area contributed by atoms with Crippen LogP contribution in [0.1, 0.15) is 0 Å². The minimum atomic E-state index is 0.671. The molecule has 0 spiro atoms. The van der Waals surface area contributed by atoms with Gasteiger partial charge in [-0.2, -0.15) is 0 Å². The molecule has 0 atom stereocenters. The Hall–Kier alpha value is -0.430. The zero-order valence-corrected chi connectivity index (χ0v) is 6.03. The SMILES string of the molecule is c1ccc([S+]2CC2)cc1. The van der Waals surface area contributed by atoms with Crippen LogP contribution in [0.5, 0.6) is 0 Å². The van der Waals surface area contributed by atoms with E-state index in [-0.39, 0.29) is 0 Å². The lowest BCUT2D eigenvalue weighted by Gasteiger charge is -1.83. The normalized spacial score (nSPS) is 17.8. The minimum absolute atomic E-state index is 0.671. The first-order valence-corrected chi connectivity index (χ1v) is 4.76. The molecular formula is C8H9S+. The smallest absolute Gasteiger partial charge is 0.0619 e. The molecule has 0 aromatic heterocycles. The maximum Gasteiger partial charge on any atom is 0.158 e. The Bertz CT molecular complexity index is 189. The second kappa shape index (κ2) is 2.07. The molecule has 1 aromatic carbocycles. The third kappa shape index (κ3) is 1.11. The van der Waals surface area contributed by atoms with E-state index >= 15 is 0 Å². The minimum Gasteiger partial charge on any atom is -0.0619 e. The van der Waals surface area contributed by atoms with Crippen LogP contribution in [-0.2, 0) is 10.9 Å². The van der Waals surface area contributed by atoms with E-state index in [0.29, 0.717) is 10.9 Å². The Morgan fingerprint density at radius 2 is 1.67 bits per heavy atom. The molecule has 1 saturated heterocycles. The van der Waals surface area contributed by atoms with Crippen LogP contribution >= 0.6 is 0 Å². The largest absolute Gasteiger partial charge is 0.158 e. The molecule has 0 unspecified atom stereocenters. The number of rotatable bonds is 1. The molecular weight excluding hydrogens is 128 g/mol. The van der Waals surface area contributed by atoms with E-state index in [1.165, 1.54) is 11.5 Å². The fraction of sp³-hybridized carbons (Fsp3) is 0.250. The summed E-state index contributed by atoms with van der Waals surface area (Å²) in [7, 11) is 0.671. The predicted octanol–water partition coefficient (Wildman–Crippen LogP) is 1.68. The van der Waals surface area contributed by atoms with E-state index < -0.39 is 0 Å². The quantitative estimate of drug-likeness (QED) is 0.408. The molecule has 0 N–H and O–H groups in total. The summed E-state index contributed by atoms with van der Waals surface area (Å²) < 4.78 is 0. The van der Waals surface area contributed by atoms with Gasteiger partial charge in [0.1, 0.15) is 0 Å². The lowest BCUT2D eigenvalue weighted by atomic mass is 10.4. The highest BCUT2D eigenvalue weighted by molar-refractivity contribution is 8.03. The predicted molar refractivity (Wildman–Crippen MR) is 41.8 cm³/mol. The van der Waals surface area contributed by atoms with E-state index in [1.54, 1.807) is 4.90 Å². The Balaban J connectivity index is 2.29. The summed E-state index contributed by atoms with van der Waals surface area (Å²) in [6, 6.07) is 10.8. The van der Waals surface area contributed by atoms with Crippen molar-refractivity contribution in [2.45, 2.75) is 4.90 Å². The molecule has 1 fully saturated rings. The lowest BCUT2D eigenvalue weighted by molar-refractivity contribution is 1.47. The van der Waals surface area contributed by atoms with Crippen molar-refractivity contribution in [3.05, 3.63) is 30.3 Å². The van der Waals surface area contributed by atoms with E-state index in [1.807, 2.05) is 0 Å². The summed E-state index contributed by atoms with van der Waals surface area (Å²) in [5.41, 5.74) is 0. The Morgan fingerprint density at radius 3 is 2.22 bits per heavy atom. The van der Waals surface area contributed by atoms with Gasteiger partial charge in [0.15, 0.2) is 16.4 Å². The van der Waals surface area contributed by atoms with Crippen LogP contribution in [0.2, 0.25) is 0 Å². The van der Waals surface area contributed by atoms with E-state index in [2.05, 4.69) is 30.3 Å². The first kappa shape index (κ1) is 5.36. The van der Waals surface area contributed by atoms with Crippen LogP contribution in [0.15, 0.2) is 35.2 Å². The molecule has 46 valence electrons. The highest BCUT2D eigenvalue weighted by atomic mass is 32.2. The number of benzene rings is 1. The fourth-order valence-corrected chi connectivity index (χ4v) is 2.24. The van der Waals surface area contributed by atoms with E-state index in [4.69, 9.17) is 0 Å². The molecule has 0 nitrogen and oxygen atoms in total. The fourth-order valence-electron chi connectivity index (χ4n) is 0.890. The van der Waals surface area contributed by atoms with Gasteiger partial charge in [0.25, 0.3) is 0 Å². The van der Waals surface area contributed by atoms with E-state index in [0.717, 1.165) is 0 Å². The van der Waals surface area contributed by atoms with Crippen molar-refractivity contribution in [2.75, 3.05) is 11.5 Å². The van der Waals surface area contributed by atoms with Gasteiger partial charge in [-0.15, -0.1) is 0 Å². The summed E-state index contributed by atoms with van der Waals surface area (Å²) in [5.74, 6) is 2.87. The topological polar surface area (TPSA) is 0 Å². The van der Waals surface area contributed by atoms with Gasteiger partial charge in [-0.25, -0.2) is 0 Å². The van der Waals surface area contributed by atoms with Crippen LogP contribution in [0.4, 0.5) is 0 Å². The zero-order valence-electron chi connectivity index (χ0n) is 5.21. The van der Waals surface area contributed by atoms with Crippen LogP contribution < -0.4 is 0 Å². The van der Waals surface area contributed by atoms with Crippen molar-refractivity contribution >= 4 is 10.9 Å². The molecule has 1 heterocycles. The molecule has 1 aliphatic rings. The molecule has 1 aliphatic heterocycles. The Kier molecular flexibility index (Phi) is 1.23. The van der Waals surface area contributed by atoms with E-state index in [9.17, 15) is 0 Å². The van der Waals surface area contributed by atoms with Gasteiger partial charge in [-0.3, -0.25) is 0 Å². The van der Waals surface area contributed by atoms with Gasteiger partial charge in [0.05, 0.1) is 0 Å². The van der Waals surface area contributed by atoms with Crippen LogP contribution in [-0.4, -0.2) is 11.5 Å². The summed E-state index contributed by atoms with van der Waals surface area (Å²) >= 11 is 0. The van der Waals surface area contributed by atoms with Gasteiger partial charge in [0.2, 0.25) is 0 Å². The van der Waals surface area contributed by atoms with Gasteiger partial charge in [-0.05, 0) is 12.1 Å². The van der Waals surface area contributed by atoms with Crippen LogP contribution in [0.3, 0.4) is 0 Å². The Morgan fingerprint density at radius 1 is 1.00 bits per heavy atom. The van der Waals surface area contributed by atoms with Gasteiger partial charge < -0.3 is 0 Å². The maximum absolute atomic E-state index is 2.23. The van der Waals surface area contributed by atoms with Crippen molar-refractivity contribution in [3.63, 3.8) is 0 Å². The number of hydrogen-bond acceptors (Lipinski definition) is 0. The first-order chi connectivity index (χ1) is 4.47. The molecule has 9 heavy (non-hydrogen) atoms. The second-order valence-electron chi connectivity index (χ2n) is 2.21. The third-order valence-electron chi connectivity index (χ3n) is 1.48. The molecule has 1 heteroatoms. The molecule has 1 aromatic rings. The molecule has 0 bridgehead atoms. The van der Waals surface area contributed by atoms with Crippen molar-refractivity contribution in [1.29, 1.82) is 0 Å². The van der Waals surface area contributed by atoms with Gasteiger partial charge in [0, 0.05) is 10.9 Å². The standard InChI is InChI=1S/C8H9S/c1-2-4-8(5-3-1)9-6-7-9/h1-5H,6-7H2/q+1. The third-order valence-corrected chi connectivity index (χ3v) is 3.24. The zero-order chi connectivity index (χ0) is 6.10.